The fraction of sp³-hybridized carbons (Fsp3) is 0.200. The summed E-state index contributed by atoms with van der Waals surface area (Å²) in [5, 5.41) is 24.5. The van der Waals surface area contributed by atoms with Gasteiger partial charge in [0.1, 0.15) is 17.6 Å². The van der Waals surface area contributed by atoms with E-state index in [1.165, 1.54) is 6.92 Å². The van der Waals surface area contributed by atoms with Crippen molar-refractivity contribution in [2.45, 2.75) is 12.5 Å². The minimum Gasteiger partial charge on any atom is -0.384 e. The van der Waals surface area contributed by atoms with Crippen LogP contribution in [0.4, 0.5) is 11.5 Å². The molecule has 9 heteroatoms. The average Bonchev–Trinajstić information content (AvgIpc) is 2.52. The number of halogens is 1. The number of rotatable bonds is 6. The molecule has 0 saturated carbocycles. The molecule has 2 aromatic rings. The zero-order valence-corrected chi connectivity index (χ0v) is 13.4. The van der Waals surface area contributed by atoms with Crippen molar-refractivity contribution in [3.63, 3.8) is 0 Å². The Morgan fingerprint density at radius 2 is 2.17 bits per heavy atom. The fourth-order valence-corrected chi connectivity index (χ4v) is 2.47. The highest BCUT2D eigenvalue weighted by Crippen LogP contribution is 2.28. The maximum absolute atomic E-state index is 11.5. The van der Waals surface area contributed by atoms with Crippen LogP contribution in [0.5, 0.6) is 0 Å². The number of nitrogens with zero attached hydrogens (tertiary/aromatic N) is 2. The smallest absolute Gasteiger partial charge is 0.288 e. The minimum atomic E-state index is -1.36. The summed E-state index contributed by atoms with van der Waals surface area (Å²) >= 11 is 6.08. The van der Waals surface area contributed by atoms with Gasteiger partial charge < -0.3 is 16.2 Å². The number of pyridine rings is 1. The molecule has 1 unspecified atom stereocenters. The second kappa shape index (κ2) is 6.81. The molecular weight excluding hydrogens is 336 g/mol. The number of carbonyl (C=O) groups is 1. The van der Waals surface area contributed by atoms with Crippen molar-refractivity contribution in [3.8, 4) is 0 Å². The van der Waals surface area contributed by atoms with Crippen LogP contribution in [-0.4, -0.2) is 27.5 Å². The molecule has 126 valence electrons. The fourth-order valence-electron chi connectivity index (χ4n) is 2.13. The summed E-state index contributed by atoms with van der Waals surface area (Å²) in [5.74, 6) is -0.827. The molecule has 24 heavy (non-hydrogen) atoms. The van der Waals surface area contributed by atoms with Gasteiger partial charge in [-0.2, -0.15) is 0 Å². The van der Waals surface area contributed by atoms with Crippen LogP contribution in [0.1, 0.15) is 22.8 Å². The normalized spacial score (nSPS) is 13.1. The number of nitro groups is 1. The molecule has 1 aromatic carbocycles. The van der Waals surface area contributed by atoms with E-state index in [2.05, 4.69) is 10.3 Å². The molecule has 0 fully saturated rings. The molecule has 0 aliphatic carbocycles. The highest BCUT2D eigenvalue weighted by atomic mass is 35.5. The van der Waals surface area contributed by atoms with Crippen molar-refractivity contribution in [3.05, 3.63) is 62.8 Å². The molecule has 1 amide bonds. The van der Waals surface area contributed by atoms with Gasteiger partial charge in [0, 0.05) is 23.2 Å². The lowest BCUT2D eigenvalue weighted by Crippen LogP contribution is -2.32. The number of carbonyl (C=O) groups excluding carboxylic acids is 1. The van der Waals surface area contributed by atoms with E-state index in [1.807, 2.05) is 0 Å². The maximum atomic E-state index is 11.5. The number of aliphatic hydroxyl groups is 1. The van der Waals surface area contributed by atoms with E-state index >= 15 is 0 Å². The zero-order valence-electron chi connectivity index (χ0n) is 12.7. The molecule has 0 spiro atoms. The largest absolute Gasteiger partial charge is 0.384 e. The number of aromatic nitrogens is 1. The number of nitrogens with one attached hydrogen (secondary N) is 1. The Labute approximate surface area is 142 Å². The number of hydrogen-bond acceptors (Lipinski definition) is 6. The third-order valence-electron chi connectivity index (χ3n) is 3.40. The third-order valence-corrected chi connectivity index (χ3v) is 3.73. The Morgan fingerprint density at radius 3 is 2.75 bits per heavy atom. The molecule has 4 N–H and O–H groups in total. The molecule has 0 bridgehead atoms. The quantitative estimate of drug-likeness (QED) is 0.539. The monoisotopic (exact) mass is 350 g/mol. The lowest BCUT2D eigenvalue weighted by atomic mass is 9.96. The summed E-state index contributed by atoms with van der Waals surface area (Å²) in [6, 6.07) is 7.81. The zero-order chi connectivity index (χ0) is 17.9. The first kappa shape index (κ1) is 17.6. The van der Waals surface area contributed by atoms with Crippen molar-refractivity contribution in [2.24, 2.45) is 5.73 Å². The Kier molecular flexibility index (Phi) is 5.01. The minimum absolute atomic E-state index is 0.0399. The number of anilines is 1. The first-order valence-corrected chi connectivity index (χ1v) is 7.25. The van der Waals surface area contributed by atoms with Crippen molar-refractivity contribution in [1.82, 2.24) is 4.98 Å². The van der Waals surface area contributed by atoms with Crippen LogP contribution in [0.3, 0.4) is 0 Å². The van der Waals surface area contributed by atoms with Crippen molar-refractivity contribution in [2.75, 3.05) is 11.9 Å². The molecule has 8 nitrogen and oxygen atoms in total. The summed E-state index contributed by atoms with van der Waals surface area (Å²) in [4.78, 5) is 25.4. The predicted molar refractivity (Wildman–Crippen MR) is 88.9 cm³/mol. The predicted octanol–water partition coefficient (Wildman–Crippen LogP) is 2.06. The molecule has 0 aliphatic heterocycles. The molecule has 2 rings (SSSR count). The molecule has 1 atom stereocenters. The van der Waals surface area contributed by atoms with E-state index in [1.54, 1.807) is 24.3 Å². The average molecular weight is 351 g/mol. The first-order valence-electron chi connectivity index (χ1n) is 6.88. The van der Waals surface area contributed by atoms with Crippen molar-refractivity contribution >= 4 is 29.0 Å². The van der Waals surface area contributed by atoms with Gasteiger partial charge >= 0.3 is 0 Å². The van der Waals surface area contributed by atoms with Gasteiger partial charge in [-0.05, 0) is 13.0 Å². The van der Waals surface area contributed by atoms with Crippen LogP contribution >= 0.6 is 11.6 Å². The number of primary amides is 1. The van der Waals surface area contributed by atoms with Crippen LogP contribution in [0, 0.1) is 10.1 Å². The van der Waals surface area contributed by atoms with E-state index in [9.17, 15) is 20.0 Å². The van der Waals surface area contributed by atoms with E-state index in [4.69, 9.17) is 17.3 Å². The van der Waals surface area contributed by atoms with Gasteiger partial charge in [-0.25, -0.2) is 4.98 Å². The van der Waals surface area contributed by atoms with Crippen molar-refractivity contribution < 1.29 is 14.8 Å². The van der Waals surface area contributed by atoms with Gasteiger partial charge in [0.2, 0.25) is 0 Å². The molecule has 1 aromatic heterocycles. The summed E-state index contributed by atoms with van der Waals surface area (Å²) in [5.41, 5.74) is 3.86. The number of hydrogen-bond donors (Lipinski definition) is 3. The number of amides is 1. The Hall–Kier alpha value is -2.71. The topological polar surface area (TPSA) is 131 Å². The summed E-state index contributed by atoms with van der Waals surface area (Å²) in [6.45, 7) is 1.50. The Balaban J connectivity index is 2.27. The van der Waals surface area contributed by atoms with Crippen LogP contribution in [0.2, 0.25) is 5.02 Å². The summed E-state index contributed by atoms with van der Waals surface area (Å²) < 4.78 is 0. The van der Waals surface area contributed by atoms with Gasteiger partial charge in [0.15, 0.2) is 0 Å². The van der Waals surface area contributed by atoms with Gasteiger partial charge in [0.25, 0.3) is 11.6 Å². The van der Waals surface area contributed by atoms with Gasteiger partial charge in [-0.3, -0.25) is 14.9 Å². The number of nitrogens with two attached hydrogens (primary N) is 1. The lowest BCUT2D eigenvalue weighted by Gasteiger charge is -2.25. The van der Waals surface area contributed by atoms with Gasteiger partial charge in [-0.1, -0.05) is 29.8 Å². The van der Waals surface area contributed by atoms with E-state index < -0.39 is 16.4 Å². The van der Waals surface area contributed by atoms with Crippen LogP contribution < -0.4 is 11.1 Å². The third kappa shape index (κ3) is 3.79. The second-order valence-electron chi connectivity index (χ2n) is 5.32. The SMILES string of the molecule is CC(O)(CNc1ncc([N+](=O)[O-])cc1C(N)=O)c1ccccc1Cl. The molecule has 1 heterocycles. The first-order chi connectivity index (χ1) is 11.2. The van der Waals surface area contributed by atoms with Gasteiger partial charge in [-0.15, -0.1) is 0 Å². The Morgan fingerprint density at radius 1 is 1.50 bits per heavy atom. The molecule has 0 aliphatic rings. The molecule has 0 saturated heterocycles. The molecule has 0 radical (unpaired) electrons. The van der Waals surface area contributed by atoms with Crippen LogP contribution in [0.25, 0.3) is 0 Å². The standard InChI is InChI=1S/C15H15ClN4O4/c1-15(22,11-4-2-3-5-12(11)16)8-19-14-10(13(17)21)6-9(7-18-14)20(23)24/h2-7,22H,8H2,1H3,(H2,17,21)(H,18,19). The Bertz CT molecular complexity index is 795. The highest BCUT2D eigenvalue weighted by Gasteiger charge is 2.26. The highest BCUT2D eigenvalue weighted by molar-refractivity contribution is 6.31. The number of benzene rings is 1. The van der Waals surface area contributed by atoms with E-state index in [0.29, 0.717) is 10.6 Å². The van der Waals surface area contributed by atoms with E-state index in [-0.39, 0.29) is 23.6 Å². The summed E-state index contributed by atoms with van der Waals surface area (Å²) in [6.07, 6.45) is 0.999. The second-order valence-corrected chi connectivity index (χ2v) is 5.73. The van der Waals surface area contributed by atoms with Gasteiger partial charge in [0.05, 0.1) is 10.5 Å². The lowest BCUT2D eigenvalue weighted by molar-refractivity contribution is -0.385. The molecular formula is C15H15ClN4O4. The summed E-state index contributed by atoms with van der Waals surface area (Å²) in [7, 11) is 0. The van der Waals surface area contributed by atoms with Crippen LogP contribution in [-0.2, 0) is 5.60 Å². The maximum Gasteiger partial charge on any atom is 0.288 e. The van der Waals surface area contributed by atoms with Crippen LogP contribution in [0.15, 0.2) is 36.5 Å². The van der Waals surface area contributed by atoms with Crippen molar-refractivity contribution in [1.29, 1.82) is 0 Å². The van der Waals surface area contributed by atoms with E-state index in [0.717, 1.165) is 12.3 Å².